The van der Waals surface area contributed by atoms with Crippen molar-refractivity contribution in [2.75, 3.05) is 13.1 Å². The van der Waals surface area contributed by atoms with Crippen LogP contribution in [-0.4, -0.2) is 39.8 Å². The van der Waals surface area contributed by atoms with E-state index in [9.17, 15) is 13.6 Å². The zero-order chi connectivity index (χ0) is 19.9. The van der Waals surface area contributed by atoms with Crippen LogP contribution in [0.5, 0.6) is 0 Å². The van der Waals surface area contributed by atoms with Gasteiger partial charge >= 0.3 is 0 Å². The van der Waals surface area contributed by atoms with Gasteiger partial charge in [-0.3, -0.25) is 9.78 Å². The minimum absolute atomic E-state index is 0.0699. The van der Waals surface area contributed by atoms with Crippen LogP contribution in [-0.2, 0) is 6.54 Å². The van der Waals surface area contributed by atoms with Crippen molar-refractivity contribution in [1.82, 2.24) is 14.9 Å². The molecule has 1 aliphatic rings. The van der Waals surface area contributed by atoms with E-state index in [1.165, 1.54) is 11.1 Å². The number of hydrogen-bond acceptors (Lipinski definition) is 3. The molecule has 0 radical (unpaired) electrons. The molecular formula is C21H22F2N4O. The van der Waals surface area contributed by atoms with Crippen molar-refractivity contribution >= 4 is 16.8 Å². The molecule has 28 heavy (non-hydrogen) atoms. The van der Waals surface area contributed by atoms with E-state index >= 15 is 0 Å². The Hall–Kier alpha value is -2.80. The van der Waals surface area contributed by atoms with Crippen LogP contribution < -0.4 is 5.73 Å². The number of aromatic amines is 1. The molecule has 0 aliphatic carbocycles. The number of aryl methyl sites for hydroxylation is 1. The summed E-state index contributed by atoms with van der Waals surface area (Å²) in [6.07, 6.45) is 0.947. The summed E-state index contributed by atoms with van der Waals surface area (Å²) in [6.45, 7) is 2.61. The fourth-order valence-electron chi connectivity index (χ4n) is 3.65. The first-order chi connectivity index (χ1) is 13.4. The summed E-state index contributed by atoms with van der Waals surface area (Å²) < 4.78 is 26.6. The van der Waals surface area contributed by atoms with Crippen molar-refractivity contribution in [2.45, 2.75) is 32.2 Å². The summed E-state index contributed by atoms with van der Waals surface area (Å²) in [5.74, 6) is -2.92. The van der Waals surface area contributed by atoms with Gasteiger partial charge in [-0.1, -0.05) is 0 Å². The standard InChI is InChI=1S/C21H22F2N4O/c1-13-8-15(9-16-10-17(11-24)26-19(13)16)18-3-2-14(12-25-18)20(28)27-6-4-21(22,23)5-7-27/h2-3,8-10,12,26H,4-7,11,24H2,1H3. The molecule has 7 heteroatoms. The lowest BCUT2D eigenvalue weighted by Crippen LogP contribution is -2.42. The molecule has 1 aromatic carbocycles. The van der Waals surface area contributed by atoms with Gasteiger partial charge in [-0.15, -0.1) is 0 Å². The number of pyridine rings is 1. The molecule has 0 saturated carbocycles. The smallest absolute Gasteiger partial charge is 0.255 e. The molecule has 3 N–H and O–H groups in total. The predicted octanol–water partition coefficient (Wildman–Crippen LogP) is 3.87. The van der Waals surface area contributed by atoms with Crippen LogP contribution in [0.3, 0.4) is 0 Å². The molecule has 0 bridgehead atoms. The number of fused-ring (bicyclic) bond motifs is 1. The lowest BCUT2D eigenvalue weighted by Gasteiger charge is -2.31. The fraction of sp³-hybridized carbons (Fsp3) is 0.333. The monoisotopic (exact) mass is 384 g/mol. The normalized spacial score (nSPS) is 16.5. The Balaban J connectivity index is 1.56. The number of rotatable bonds is 3. The van der Waals surface area contributed by atoms with Gasteiger partial charge in [-0.05, 0) is 42.8 Å². The van der Waals surface area contributed by atoms with Crippen LogP contribution in [0, 0.1) is 6.92 Å². The lowest BCUT2D eigenvalue weighted by molar-refractivity contribution is -0.0494. The summed E-state index contributed by atoms with van der Waals surface area (Å²) >= 11 is 0. The number of carbonyl (C=O) groups is 1. The van der Waals surface area contributed by atoms with E-state index in [1.807, 2.05) is 25.1 Å². The van der Waals surface area contributed by atoms with Gasteiger partial charge in [0.2, 0.25) is 0 Å². The Morgan fingerprint density at radius 2 is 2.00 bits per heavy atom. The minimum Gasteiger partial charge on any atom is -0.357 e. The Morgan fingerprint density at radius 1 is 1.25 bits per heavy atom. The second-order valence-corrected chi connectivity index (χ2v) is 7.34. The zero-order valence-corrected chi connectivity index (χ0v) is 15.6. The van der Waals surface area contributed by atoms with Gasteiger partial charge in [0.05, 0.1) is 11.3 Å². The SMILES string of the molecule is Cc1cc(-c2ccc(C(=O)N3CCC(F)(F)CC3)cn2)cc2cc(CN)[nH]c12. The minimum atomic E-state index is -2.67. The largest absolute Gasteiger partial charge is 0.357 e. The number of carbonyl (C=O) groups excluding carboxylic acids is 1. The van der Waals surface area contributed by atoms with E-state index < -0.39 is 5.92 Å². The molecule has 4 rings (SSSR count). The molecule has 0 unspecified atom stereocenters. The van der Waals surface area contributed by atoms with Crippen LogP contribution >= 0.6 is 0 Å². The molecule has 146 valence electrons. The molecule has 0 spiro atoms. The molecular weight excluding hydrogens is 362 g/mol. The van der Waals surface area contributed by atoms with Gasteiger partial charge in [-0.2, -0.15) is 0 Å². The number of nitrogens with zero attached hydrogens (tertiary/aromatic N) is 2. The number of nitrogens with two attached hydrogens (primary N) is 1. The Labute approximate surface area is 161 Å². The van der Waals surface area contributed by atoms with Gasteiger partial charge in [-0.25, -0.2) is 8.78 Å². The first-order valence-electron chi connectivity index (χ1n) is 9.32. The van der Waals surface area contributed by atoms with Crippen molar-refractivity contribution in [3.63, 3.8) is 0 Å². The van der Waals surface area contributed by atoms with Crippen molar-refractivity contribution < 1.29 is 13.6 Å². The number of amides is 1. The molecule has 0 atom stereocenters. The molecule has 2 aromatic heterocycles. The van der Waals surface area contributed by atoms with E-state index in [4.69, 9.17) is 5.73 Å². The lowest BCUT2D eigenvalue weighted by atomic mass is 10.0. The maximum atomic E-state index is 13.3. The highest BCUT2D eigenvalue weighted by Crippen LogP contribution is 2.29. The number of alkyl halides is 2. The summed E-state index contributed by atoms with van der Waals surface area (Å²) in [4.78, 5) is 21.8. The summed E-state index contributed by atoms with van der Waals surface area (Å²) in [5.41, 5.74) is 10.9. The first kappa shape index (κ1) is 18.6. The fourth-order valence-corrected chi connectivity index (χ4v) is 3.65. The third kappa shape index (κ3) is 3.49. The second-order valence-electron chi connectivity index (χ2n) is 7.34. The average Bonchev–Trinajstić information content (AvgIpc) is 3.11. The highest BCUT2D eigenvalue weighted by molar-refractivity contribution is 5.94. The van der Waals surface area contributed by atoms with Crippen molar-refractivity contribution in [3.05, 3.63) is 53.3 Å². The summed E-state index contributed by atoms with van der Waals surface area (Å²) in [5, 5.41) is 1.06. The molecule has 3 aromatic rings. The Morgan fingerprint density at radius 3 is 2.64 bits per heavy atom. The molecule has 5 nitrogen and oxygen atoms in total. The molecule has 1 aliphatic heterocycles. The number of benzene rings is 1. The highest BCUT2D eigenvalue weighted by Gasteiger charge is 2.35. The number of piperidine rings is 1. The van der Waals surface area contributed by atoms with Gasteiger partial charge in [0.15, 0.2) is 0 Å². The van der Waals surface area contributed by atoms with E-state index in [2.05, 4.69) is 9.97 Å². The van der Waals surface area contributed by atoms with Gasteiger partial charge in [0, 0.05) is 60.8 Å². The van der Waals surface area contributed by atoms with Crippen LogP contribution in [0.25, 0.3) is 22.2 Å². The van der Waals surface area contributed by atoms with Crippen LogP contribution in [0.1, 0.15) is 34.5 Å². The highest BCUT2D eigenvalue weighted by atomic mass is 19.3. The van der Waals surface area contributed by atoms with Crippen LogP contribution in [0.2, 0.25) is 0 Å². The number of likely N-dealkylation sites (tertiary alicyclic amines) is 1. The molecule has 1 amide bonds. The van der Waals surface area contributed by atoms with E-state index in [0.29, 0.717) is 12.1 Å². The van der Waals surface area contributed by atoms with Gasteiger partial charge in [0.1, 0.15) is 0 Å². The van der Waals surface area contributed by atoms with Crippen molar-refractivity contribution in [1.29, 1.82) is 0 Å². The maximum Gasteiger partial charge on any atom is 0.255 e. The van der Waals surface area contributed by atoms with Crippen LogP contribution in [0.4, 0.5) is 8.78 Å². The van der Waals surface area contributed by atoms with Gasteiger partial charge < -0.3 is 15.6 Å². The predicted molar refractivity (Wildman–Crippen MR) is 104 cm³/mol. The third-order valence-electron chi connectivity index (χ3n) is 5.29. The quantitative estimate of drug-likeness (QED) is 0.720. The van der Waals surface area contributed by atoms with E-state index in [0.717, 1.165) is 33.4 Å². The average molecular weight is 384 g/mol. The Bertz CT molecular complexity index is 1020. The number of aromatic nitrogens is 2. The maximum absolute atomic E-state index is 13.3. The summed E-state index contributed by atoms with van der Waals surface area (Å²) in [7, 11) is 0. The number of hydrogen-bond donors (Lipinski definition) is 2. The third-order valence-corrected chi connectivity index (χ3v) is 5.29. The van der Waals surface area contributed by atoms with Gasteiger partial charge in [0.25, 0.3) is 11.8 Å². The second kappa shape index (κ2) is 6.98. The number of nitrogens with one attached hydrogen (secondary N) is 1. The molecule has 3 heterocycles. The molecule has 1 fully saturated rings. The first-order valence-corrected chi connectivity index (χ1v) is 9.32. The van der Waals surface area contributed by atoms with Crippen molar-refractivity contribution in [3.8, 4) is 11.3 Å². The van der Waals surface area contributed by atoms with Crippen LogP contribution in [0.15, 0.2) is 36.5 Å². The van der Waals surface area contributed by atoms with E-state index in [-0.39, 0.29) is 31.8 Å². The topological polar surface area (TPSA) is 75.0 Å². The van der Waals surface area contributed by atoms with Crippen molar-refractivity contribution in [2.24, 2.45) is 5.73 Å². The molecule has 1 saturated heterocycles. The zero-order valence-electron chi connectivity index (χ0n) is 15.6. The summed E-state index contributed by atoms with van der Waals surface area (Å²) in [6, 6.07) is 9.60. The number of H-pyrrole nitrogens is 1. The van der Waals surface area contributed by atoms with E-state index in [1.54, 1.807) is 12.1 Å². The Kier molecular flexibility index (Phi) is 4.63. The number of halogens is 2.